The van der Waals surface area contributed by atoms with Crippen molar-refractivity contribution in [1.82, 2.24) is 4.90 Å². The Balaban J connectivity index is -0.0000000300. The van der Waals surface area contributed by atoms with Gasteiger partial charge in [0, 0.05) is 0 Å². The molecule has 0 fully saturated rings. The Morgan fingerprint density at radius 1 is 1.33 bits per heavy atom. The van der Waals surface area contributed by atoms with E-state index in [1.165, 1.54) is 0 Å². The fourth-order valence-electron chi connectivity index (χ4n) is 0. The summed E-state index contributed by atoms with van der Waals surface area (Å²) in [5, 5.41) is 13.9. The summed E-state index contributed by atoms with van der Waals surface area (Å²) < 4.78 is 0. The van der Waals surface area contributed by atoms with E-state index in [0.717, 1.165) is 0 Å². The van der Waals surface area contributed by atoms with Crippen molar-refractivity contribution in [3.63, 3.8) is 0 Å². The Labute approximate surface area is 115 Å². The molecule has 0 heterocycles. The molecule has 0 aromatic carbocycles. The monoisotopic (exact) mass is 255 g/mol. The molecule has 0 aliphatic heterocycles. The van der Waals surface area contributed by atoms with Crippen LogP contribution in [0.5, 0.6) is 0 Å². The van der Waals surface area contributed by atoms with Crippen LogP contribution >= 0.6 is 0 Å². The minimum atomic E-state index is -1.83. The molecule has 0 atom stereocenters. The summed E-state index contributed by atoms with van der Waals surface area (Å²) >= 11 is 0. The molecule has 0 aromatic heterocycles. The van der Waals surface area contributed by atoms with E-state index in [1.54, 1.807) is 0 Å². The Morgan fingerprint density at radius 2 is 1.33 bits per heavy atom. The molecule has 0 aliphatic carbocycles. The molecular weight excluding hydrogens is 243 g/mol. The van der Waals surface area contributed by atoms with E-state index in [9.17, 15) is 0 Å². The van der Waals surface area contributed by atoms with Crippen LogP contribution in [0.1, 0.15) is 1.43 Å². The maximum absolute atomic E-state index is 8.56. The predicted octanol–water partition coefficient (Wildman–Crippen LogP) is -2.48. The maximum atomic E-state index is 8.56. The van der Waals surface area contributed by atoms with Crippen molar-refractivity contribution in [3.05, 3.63) is 0 Å². The molecule has 52 valence electrons. The summed E-state index contributed by atoms with van der Waals surface area (Å²) in [5.41, 5.74) is 0. The molecule has 9 heavy (non-hydrogen) atoms. The number of nitrogens with zero attached hydrogens (tertiary/aromatic N) is 1. The van der Waals surface area contributed by atoms with Crippen LogP contribution in [0.25, 0.3) is 0 Å². The van der Waals surface area contributed by atoms with E-state index >= 15 is 0 Å². The van der Waals surface area contributed by atoms with Crippen LogP contribution < -0.4 is 68.9 Å². The third-order valence-corrected chi connectivity index (χ3v) is 0. The first-order valence-electron chi connectivity index (χ1n) is 1.99. The van der Waals surface area contributed by atoms with Gasteiger partial charge in [0.2, 0.25) is 0 Å². The Kier molecular flexibility index (Phi) is 22.3. The first kappa shape index (κ1) is 16.7. The number of hydrogen-bond donors (Lipinski definition) is 2. The number of rotatable bonds is 0. The summed E-state index contributed by atoms with van der Waals surface area (Å²) in [5.74, 6) is 0. The zero-order valence-electron chi connectivity index (χ0n) is 7.25. The minimum absolute atomic E-state index is 0. The SMILES string of the molecule is CN(C)C.O=C(O)O.[Cs+].[H-]. The van der Waals surface area contributed by atoms with E-state index in [2.05, 4.69) is 0 Å². The second kappa shape index (κ2) is 12.0. The zero-order chi connectivity index (χ0) is 7.15. The smallest absolute Gasteiger partial charge is 1.00 e. The van der Waals surface area contributed by atoms with Crippen molar-refractivity contribution in [2.45, 2.75) is 0 Å². The van der Waals surface area contributed by atoms with Crippen LogP contribution in [0, 0.1) is 0 Å². The van der Waals surface area contributed by atoms with E-state index in [1.807, 2.05) is 26.0 Å². The second-order valence-corrected chi connectivity index (χ2v) is 1.62. The van der Waals surface area contributed by atoms with Gasteiger partial charge in [-0.25, -0.2) is 4.79 Å². The molecule has 0 aromatic rings. The van der Waals surface area contributed by atoms with Gasteiger partial charge in [-0.2, -0.15) is 0 Å². The molecule has 4 nitrogen and oxygen atoms in total. The topological polar surface area (TPSA) is 60.8 Å². The minimum Gasteiger partial charge on any atom is -1.00 e. The van der Waals surface area contributed by atoms with Crippen LogP contribution in [-0.4, -0.2) is 42.4 Å². The van der Waals surface area contributed by atoms with Crippen molar-refractivity contribution in [1.29, 1.82) is 0 Å². The van der Waals surface area contributed by atoms with Gasteiger partial charge >= 0.3 is 75.0 Å². The molecule has 0 amide bonds. The van der Waals surface area contributed by atoms with Crippen LogP contribution in [0.4, 0.5) is 4.79 Å². The molecule has 0 aliphatic rings. The number of carboxylic acid groups (broad SMARTS) is 2. The van der Waals surface area contributed by atoms with Crippen LogP contribution in [-0.2, 0) is 0 Å². The van der Waals surface area contributed by atoms with Gasteiger partial charge in [-0.15, -0.1) is 0 Å². The van der Waals surface area contributed by atoms with E-state index in [4.69, 9.17) is 15.0 Å². The van der Waals surface area contributed by atoms with Gasteiger partial charge in [0.05, 0.1) is 0 Å². The second-order valence-electron chi connectivity index (χ2n) is 1.62. The molecule has 0 rings (SSSR count). The molecule has 5 heteroatoms. The molecular formula is C4H12CsNO3. The van der Waals surface area contributed by atoms with Gasteiger partial charge in [-0.3, -0.25) is 0 Å². The first-order chi connectivity index (χ1) is 3.46. The standard InChI is InChI=1S/C3H9N.CH2O3.Cs.H/c1-4(2)3;2-1(3)4;;/h1-3H3;(H2,2,3,4);;/q;;+1;-1. The largest absolute Gasteiger partial charge is 1.00 e. The Morgan fingerprint density at radius 3 is 1.33 bits per heavy atom. The van der Waals surface area contributed by atoms with Gasteiger partial charge in [0.15, 0.2) is 0 Å². The van der Waals surface area contributed by atoms with Crippen molar-refractivity contribution >= 4 is 6.16 Å². The summed E-state index contributed by atoms with van der Waals surface area (Å²) in [4.78, 5) is 10.6. The molecule has 0 saturated heterocycles. The van der Waals surface area contributed by atoms with Gasteiger partial charge in [0.25, 0.3) is 0 Å². The molecule has 0 unspecified atom stereocenters. The fourth-order valence-corrected chi connectivity index (χ4v) is 0. The molecule has 2 N–H and O–H groups in total. The van der Waals surface area contributed by atoms with Crippen molar-refractivity contribution in [2.24, 2.45) is 0 Å². The fraction of sp³-hybridized carbons (Fsp3) is 0.750. The van der Waals surface area contributed by atoms with E-state index < -0.39 is 6.16 Å². The average molecular weight is 255 g/mol. The van der Waals surface area contributed by atoms with Crippen molar-refractivity contribution < 1.29 is 85.3 Å². The summed E-state index contributed by atoms with van der Waals surface area (Å²) in [6.07, 6.45) is -1.83. The van der Waals surface area contributed by atoms with E-state index in [0.29, 0.717) is 0 Å². The Bertz CT molecular complexity index is 64.8. The van der Waals surface area contributed by atoms with Crippen molar-refractivity contribution in [2.75, 3.05) is 21.1 Å². The third kappa shape index (κ3) is 299. The van der Waals surface area contributed by atoms with Gasteiger partial charge < -0.3 is 16.5 Å². The van der Waals surface area contributed by atoms with Crippen LogP contribution in [0.15, 0.2) is 0 Å². The average Bonchev–Trinajstić information content (AvgIpc) is 1.25. The molecule has 0 bridgehead atoms. The zero-order valence-corrected chi connectivity index (χ0v) is 12.5. The quantitative estimate of drug-likeness (QED) is 0.503. The van der Waals surface area contributed by atoms with Crippen LogP contribution in [0.2, 0.25) is 0 Å². The third-order valence-electron chi connectivity index (χ3n) is 0. The molecule has 0 spiro atoms. The van der Waals surface area contributed by atoms with Gasteiger partial charge in [0.1, 0.15) is 0 Å². The summed E-state index contributed by atoms with van der Waals surface area (Å²) in [7, 11) is 6.00. The van der Waals surface area contributed by atoms with Gasteiger partial charge in [-0.05, 0) is 21.1 Å². The first-order valence-corrected chi connectivity index (χ1v) is 1.99. The number of carbonyl (C=O) groups is 1. The normalized spacial score (nSPS) is 6.67. The number of hydrogen-bond acceptors (Lipinski definition) is 2. The summed E-state index contributed by atoms with van der Waals surface area (Å²) in [6, 6.07) is 0. The Hall–Kier alpha value is 1.28. The molecule has 0 saturated carbocycles. The predicted molar refractivity (Wildman–Crippen MR) is 31.4 cm³/mol. The molecule has 0 radical (unpaired) electrons. The summed E-state index contributed by atoms with van der Waals surface area (Å²) in [6.45, 7) is 0. The van der Waals surface area contributed by atoms with Crippen LogP contribution in [0.3, 0.4) is 0 Å². The van der Waals surface area contributed by atoms with Crippen molar-refractivity contribution in [3.8, 4) is 0 Å². The van der Waals surface area contributed by atoms with Gasteiger partial charge in [-0.1, -0.05) is 0 Å². The maximum Gasteiger partial charge on any atom is 1.00 e. The van der Waals surface area contributed by atoms with E-state index in [-0.39, 0.29) is 70.3 Å².